The highest BCUT2D eigenvalue weighted by Gasteiger charge is 2.20. The van der Waals surface area contributed by atoms with Crippen LogP contribution in [-0.4, -0.2) is 18.8 Å². The first-order valence-corrected chi connectivity index (χ1v) is 14.2. The first kappa shape index (κ1) is 21.6. The van der Waals surface area contributed by atoms with E-state index in [2.05, 4.69) is 123 Å². The molecule has 4 aromatic heterocycles. The molecular formula is C32H20N4S2. The second kappa shape index (κ2) is 8.52. The van der Waals surface area contributed by atoms with Crippen molar-refractivity contribution in [1.29, 1.82) is 0 Å². The van der Waals surface area contributed by atoms with Crippen molar-refractivity contribution in [3.63, 3.8) is 0 Å². The first-order chi connectivity index (χ1) is 18.8. The normalized spacial score (nSPS) is 11.7. The van der Waals surface area contributed by atoms with Crippen molar-refractivity contribution in [2.75, 3.05) is 0 Å². The van der Waals surface area contributed by atoms with Crippen LogP contribution in [0.3, 0.4) is 0 Å². The van der Waals surface area contributed by atoms with Crippen molar-refractivity contribution < 1.29 is 0 Å². The smallest absolute Gasteiger partial charge is 0.194 e. The highest BCUT2D eigenvalue weighted by molar-refractivity contribution is 7.15. The standard InChI is InChI=1S/C32H20N4S2/c1-2-7-22(8-3-1)27-29(35-16-18-37-31(35)33-27)23-11-13-24(14-12-23)30-28(34-32-36(30)17-19-38-32)26-15-10-21-6-4-5-9-25(21)20-26/h1-20H. The minimum Gasteiger partial charge on any atom is -0.290 e. The second-order valence-electron chi connectivity index (χ2n) is 9.23. The molecule has 8 rings (SSSR count). The van der Waals surface area contributed by atoms with Gasteiger partial charge in [-0.1, -0.05) is 91.0 Å². The minimum absolute atomic E-state index is 0.995. The number of aromatic nitrogens is 4. The van der Waals surface area contributed by atoms with E-state index in [1.807, 2.05) is 6.07 Å². The first-order valence-electron chi connectivity index (χ1n) is 12.4. The summed E-state index contributed by atoms with van der Waals surface area (Å²) in [6.45, 7) is 0. The van der Waals surface area contributed by atoms with Gasteiger partial charge < -0.3 is 0 Å². The Morgan fingerprint density at radius 2 is 1.00 bits per heavy atom. The summed E-state index contributed by atoms with van der Waals surface area (Å²) in [6.07, 6.45) is 4.21. The van der Waals surface area contributed by atoms with Crippen LogP contribution in [-0.2, 0) is 0 Å². The van der Waals surface area contributed by atoms with Crippen LogP contribution >= 0.6 is 22.7 Å². The monoisotopic (exact) mass is 524 g/mol. The van der Waals surface area contributed by atoms with E-state index in [4.69, 9.17) is 9.97 Å². The summed E-state index contributed by atoms with van der Waals surface area (Å²) >= 11 is 3.32. The third-order valence-corrected chi connectivity index (χ3v) is 8.54. The number of hydrogen-bond donors (Lipinski definition) is 0. The molecule has 0 saturated carbocycles. The quantitative estimate of drug-likeness (QED) is 0.230. The van der Waals surface area contributed by atoms with Gasteiger partial charge in [0.05, 0.1) is 22.8 Å². The molecule has 4 nitrogen and oxygen atoms in total. The number of rotatable bonds is 4. The molecule has 0 aliphatic heterocycles. The average Bonchev–Trinajstić information content (AvgIpc) is 3.75. The molecule has 0 radical (unpaired) electrons. The van der Waals surface area contributed by atoms with Gasteiger partial charge in [-0.25, -0.2) is 9.97 Å². The zero-order chi connectivity index (χ0) is 25.1. The van der Waals surface area contributed by atoms with E-state index in [-0.39, 0.29) is 0 Å². The van der Waals surface area contributed by atoms with Gasteiger partial charge in [0.2, 0.25) is 0 Å². The Kier molecular flexibility index (Phi) is 4.83. The molecule has 0 fully saturated rings. The third-order valence-electron chi connectivity index (χ3n) is 7.03. The SMILES string of the molecule is c1ccc(-c2nc3sccn3c2-c2ccc(-c3c(-c4ccc5ccccc5c4)nc4sccn34)cc2)cc1. The summed E-state index contributed by atoms with van der Waals surface area (Å²) in [5.74, 6) is 0. The van der Waals surface area contributed by atoms with Crippen LogP contribution < -0.4 is 0 Å². The van der Waals surface area contributed by atoms with Gasteiger partial charge in [0.15, 0.2) is 9.92 Å². The lowest BCUT2D eigenvalue weighted by Crippen LogP contribution is -1.90. The number of fused-ring (bicyclic) bond motifs is 3. The Bertz CT molecular complexity index is 2080. The Hall–Kier alpha value is -4.52. The molecule has 0 amide bonds. The molecule has 0 saturated heterocycles. The van der Waals surface area contributed by atoms with Crippen LogP contribution in [0.2, 0.25) is 0 Å². The maximum absolute atomic E-state index is 5.05. The van der Waals surface area contributed by atoms with Crippen LogP contribution in [0.25, 0.3) is 65.7 Å². The fourth-order valence-electron chi connectivity index (χ4n) is 5.24. The van der Waals surface area contributed by atoms with Crippen LogP contribution in [0.4, 0.5) is 0 Å². The Morgan fingerprint density at radius 1 is 0.474 bits per heavy atom. The second-order valence-corrected chi connectivity index (χ2v) is 11.0. The molecule has 38 heavy (non-hydrogen) atoms. The molecule has 0 aliphatic rings. The predicted molar refractivity (Wildman–Crippen MR) is 159 cm³/mol. The van der Waals surface area contributed by atoms with Gasteiger partial charge >= 0.3 is 0 Å². The molecular weight excluding hydrogens is 505 g/mol. The number of thiazole rings is 2. The Labute approximate surface area is 226 Å². The molecule has 0 aliphatic carbocycles. The zero-order valence-corrected chi connectivity index (χ0v) is 21.8. The number of nitrogens with zero attached hydrogens (tertiary/aromatic N) is 4. The summed E-state index contributed by atoms with van der Waals surface area (Å²) in [5, 5.41) is 6.63. The molecule has 0 spiro atoms. The molecule has 4 heterocycles. The fraction of sp³-hybridized carbons (Fsp3) is 0. The molecule has 0 unspecified atom stereocenters. The van der Waals surface area contributed by atoms with E-state index in [0.717, 1.165) is 55.0 Å². The topological polar surface area (TPSA) is 34.6 Å². The van der Waals surface area contributed by atoms with Gasteiger partial charge in [0.1, 0.15) is 0 Å². The van der Waals surface area contributed by atoms with Crippen molar-refractivity contribution in [1.82, 2.24) is 18.8 Å². The van der Waals surface area contributed by atoms with Gasteiger partial charge in [0, 0.05) is 45.4 Å². The highest BCUT2D eigenvalue weighted by Crippen LogP contribution is 2.38. The van der Waals surface area contributed by atoms with E-state index in [9.17, 15) is 0 Å². The fourth-order valence-corrected chi connectivity index (χ4v) is 6.67. The number of hydrogen-bond acceptors (Lipinski definition) is 4. The van der Waals surface area contributed by atoms with Crippen LogP contribution in [0.5, 0.6) is 0 Å². The third kappa shape index (κ3) is 3.35. The average molecular weight is 525 g/mol. The maximum Gasteiger partial charge on any atom is 0.194 e. The Balaban J connectivity index is 1.28. The zero-order valence-electron chi connectivity index (χ0n) is 20.2. The van der Waals surface area contributed by atoms with Crippen molar-refractivity contribution in [3.8, 4) is 45.0 Å². The van der Waals surface area contributed by atoms with Gasteiger partial charge in [-0.05, 0) is 16.8 Å². The Morgan fingerprint density at radius 3 is 1.63 bits per heavy atom. The summed E-state index contributed by atoms with van der Waals surface area (Å²) < 4.78 is 4.40. The molecule has 4 aromatic carbocycles. The van der Waals surface area contributed by atoms with Crippen molar-refractivity contribution in [2.24, 2.45) is 0 Å². The van der Waals surface area contributed by atoms with Crippen molar-refractivity contribution in [2.45, 2.75) is 0 Å². The summed E-state index contributed by atoms with van der Waals surface area (Å²) in [5.41, 5.74) is 8.75. The summed E-state index contributed by atoms with van der Waals surface area (Å²) in [6, 6.07) is 34.3. The summed E-state index contributed by atoms with van der Waals surface area (Å²) in [4.78, 5) is 12.0. The number of benzene rings is 4. The molecule has 0 N–H and O–H groups in total. The number of imidazole rings is 2. The van der Waals surface area contributed by atoms with E-state index >= 15 is 0 Å². The van der Waals surface area contributed by atoms with Crippen molar-refractivity contribution in [3.05, 3.63) is 120 Å². The highest BCUT2D eigenvalue weighted by atomic mass is 32.1. The minimum atomic E-state index is 0.995. The lowest BCUT2D eigenvalue weighted by Gasteiger charge is -2.09. The molecule has 0 bridgehead atoms. The van der Waals surface area contributed by atoms with Crippen LogP contribution in [0.1, 0.15) is 0 Å². The van der Waals surface area contributed by atoms with Gasteiger partial charge in [-0.2, -0.15) is 0 Å². The molecule has 6 heteroatoms. The van der Waals surface area contributed by atoms with E-state index in [1.165, 1.54) is 10.8 Å². The molecule has 0 atom stereocenters. The van der Waals surface area contributed by atoms with Gasteiger partial charge in [-0.15, -0.1) is 22.7 Å². The van der Waals surface area contributed by atoms with Crippen LogP contribution in [0.15, 0.2) is 120 Å². The predicted octanol–water partition coefficient (Wildman–Crippen LogP) is 8.93. The molecule has 180 valence electrons. The molecule has 8 aromatic rings. The lowest BCUT2D eigenvalue weighted by atomic mass is 9.99. The van der Waals surface area contributed by atoms with E-state index < -0.39 is 0 Å². The van der Waals surface area contributed by atoms with Gasteiger partial charge in [-0.3, -0.25) is 8.80 Å². The maximum atomic E-state index is 5.05. The van der Waals surface area contributed by atoms with Gasteiger partial charge in [0.25, 0.3) is 0 Å². The largest absolute Gasteiger partial charge is 0.290 e. The van der Waals surface area contributed by atoms with E-state index in [0.29, 0.717) is 0 Å². The lowest BCUT2D eigenvalue weighted by molar-refractivity contribution is 1.23. The van der Waals surface area contributed by atoms with Crippen LogP contribution in [0, 0.1) is 0 Å². The summed E-state index contributed by atoms with van der Waals surface area (Å²) in [7, 11) is 0. The van der Waals surface area contributed by atoms with Crippen molar-refractivity contribution >= 4 is 43.4 Å². The van der Waals surface area contributed by atoms with E-state index in [1.54, 1.807) is 22.7 Å².